The van der Waals surface area contributed by atoms with Gasteiger partial charge in [-0.1, -0.05) is 0 Å². The lowest BCUT2D eigenvalue weighted by atomic mass is 10.1. The highest BCUT2D eigenvalue weighted by atomic mass is 32.1. The van der Waals surface area contributed by atoms with E-state index in [-0.39, 0.29) is 0 Å². The summed E-state index contributed by atoms with van der Waals surface area (Å²) in [5.41, 5.74) is 2.76. The summed E-state index contributed by atoms with van der Waals surface area (Å²) in [6.07, 6.45) is 3.40. The van der Waals surface area contributed by atoms with Crippen molar-refractivity contribution in [1.82, 2.24) is 4.90 Å². The number of amidine groups is 1. The van der Waals surface area contributed by atoms with E-state index < -0.39 is 0 Å². The Balaban J connectivity index is 2.03. The van der Waals surface area contributed by atoms with Crippen molar-refractivity contribution in [2.24, 2.45) is 0 Å². The number of hydrogen-bond acceptors (Lipinski definition) is 2. The molecule has 1 saturated heterocycles. The minimum atomic E-state index is 0.821. The first-order valence-electron chi connectivity index (χ1n) is 5.11. The third kappa shape index (κ3) is 1.98. The Labute approximate surface area is 89.1 Å². The summed E-state index contributed by atoms with van der Waals surface area (Å²) in [5.74, 6) is 0.821. The maximum Gasteiger partial charge on any atom is 0.0960 e. The van der Waals surface area contributed by atoms with Crippen LogP contribution in [0.4, 0.5) is 0 Å². The van der Waals surface area contributed by atoms with Crippen LogP contribution in [-0.4, -0.2) is 17.3 Å². The summed E-state index contributed by atoms with van der Waals surface area (Å²) >= 11 is 1.76. The van der Waals surface area contributed by atoms with Crippen LogP contribution in [0.15, 0.2) is 10.8 Å². The van der Waals surface area contributed by atoms with Gasteiger partial charge in [-0.2, -0.15) is 11.3 Å². The molecule has 0 amide bonds. The molecule has 0 unspecified atom stereocenters. The Hall–Kier alpha value is -0.830. The Kier molecular flexibility index (Phi) is 2.87. The molecule has 0 radical (unpaired) electrons. The fourth-order valence-corrected chi connectivity index (χ4v) is 2.67. The minimum Gasteiger partial charge on any atom is -0.356 e. The number of piperidine rings is 1. The zero-order valence-electron chi connectivity index (χ0n) is 8.55. The molecule has 1 aromatic rings. The third-order valence-corrected chi connectivity index (χ3v) is 3.71. The van der Waals surface area contributed by atoms with Crippen LogP contribution in [0, 0.1) is 12.3 Å². The first kappa shape index (κ1) is 9.71. The number of likely N-dealkylation sites (tertiary alicyclic amines) is 1. The van der Waals surface area contributed by atoms with Crippen LogP contribution in [0.25, 0.3) is 0 Å². The Morgan fingerprint density at radius 1 is 1.43 bits per heavy atom. The minimum absolute atomic E-state index is 0.821. The van der Waals surface area contributed by atoms with Crippen molar-refractivity contribution in [3.8, 4) is 0 Å². The molecule has 2 nitrogen and oxygen atoms in total. The van der Waals surface area contributed by atoms with Crippen molar-refractivity contribution >= 4 is 17.2 Å². The summed E-state index contributed by atoms with van der Waals surface area (Å²) in [5, 5.41) is 12.2. The lowest BCUT2D eigenvalue weighted by Crippen LogP contribution is -2.34. The number of rotatable bonds is 2. The molecule has 2 rings (SSSR count). The Morgan fingerprint density at radius 3 is 2.93 bits per heavy atom. The lowest BCUT2D eigenvalue weighted by Gasteiger charge is -2.29. The second-order valence-corrected chi connectivity index (χ2v) is 4.65. The van der Waals surface area contributed by atoms with Crippen molar-refractivity contribution < 1.29 is 0 Å². The summed E-state index contributed by atoms with van der Waals surface area (Å²) in [4.78, 5) is 2.21. The van der Waals surface area contributed by atoms with Gasteiger partial charge in [0.1, 0.15) is 0 Å². The van der Waals surface area contributed by atoms with E-state index in [0.717, 1.165) is 25.3 Å². The normalized spacial score (nSPS) is 17.5. The second kappa shape index (κ2) is 4.13. The number of thiophene rings is 1. The SMILES string of the molecule is Cc1cscc1CN1CCCCC1=N. The maximum atomic E-state index is 7.85. The van der Waals surface area contributed by atoms with Crippen molar-refractivity contribution in [1.29, 1.82) is 5.41 Å². The van der Waals surface area contributed by atoms with Gasteiger partial charge < -0.3 is 4.90 Å². The molecule has 0 aromatic carbocycles. The van der Waals surface area contributed by atoms with E-state index >= 15 is 0 Å². The van der Waals surface area contributed by atoms with Crippen LogP contribution < -0.4 is 0 Å². The molecule has 1 fully saturated rings. The summed E-state index contributed by atoms with van der Waals surface area (Å²) < 4.78 is 0. The average Bonchev–Trinajstić information content (AvgIpc) is 2.56. The fourth-order valence-electron chi connectivity index (χ4n) is 1.82. The highest BCUT2D eigenvalue weighted by molar-refractivity contribution is 7.08. The monoisotopic (exact) mass is 208 g/mol. The van der Waals surface area contributed by atoms with Gasteiger partial charge in [-0.3, -0.25) is 5.41 Å². The second-order valence-electron chi connectivity index (χ2n) is 3.91. The van der Waals surface area contributed by atoms with Gasteiger partial charge in [0.05, 0.1) is 5.84 Å². The van der Waals surface area contributed by atoms with E-state index in [2.05, 4.69) is 22.6 Å². The lowest BCUT2D eigenvalue weighted by molar-refractivity contribution is 0.361. The van der Waals surface area contributed by atoms with Crippen molar-refractivity contribution in [3.63, 3.8) is 0 Å². The Morgan fingerprint density at radius 2 is 2.29 bits per heavy atom. The van der Waals surface area contributed by atoms with E-state index in [1.54, 1.807) is 11.3 Å². The summed E-state index contributed by atoms with van der Waals surface area (Å²) in [6.45, 7) is 4.15. The third-order valence-electron chi connectivity index (χ3n) is 2.80. The molecule has 2 heterocycles. The molecule has 0 aliphatic carbocycles. The predicted octanol–water partition coefficient (Wildman–Crippen LogP) is 3.02. The van der Waals surface area contributed by atoms with Gasteiger partial charge in [-0.15, -0.1) is 0 Å². The van der Waals surface area contributed by atoms with Crippen LogP contribution in [0.2, 0.25) is 0 Å². The standard InChI is InChI=1S/C11H16N2S/c1-9-7-14-8-10(9)6-13-5-3-2-4-11(13)12/h7-8,12H,2-6H2,1H3. The smallest absolute Gasteiger partial charge is 0.0960 e. The molecule has 0 bridgehead atoms. The first-order valence-corrected chi connectivity index (χ1v) is 6.05. The molecule has 1 N–H and O–H groups in total. The van der Waals surface area contributed by atoms with E-state index in [0.29, 0.717) is 0 Å². The largest absolute Gasteiger partial charge is 0.356 e. The summed E-state index contributed by atoms with van der Waals surface area (Å²) in [7, 11) is 0. The number of hydrogen-bond donors (Lipinski definition) is 1. The molecule has 0 spiro atoms. The van der Waals surface area contributed by atoms with Gasteiger partial charge in [0, 0.05) is 19.5 Å². The first-order chi connectivity index (χ1) is 6.77. The quantitative estimate of drug-likeness (QED) is 0.794. The van der Waals surface area contributed by atoms with Crippen molar-refractivity contribution in [2.75, 3.05) is 6.54 Å². The van der Waals surface area contributed by atoms with Crippen LogP contribution >= 0.6 is 11.3 Å². The van der Waals surface area contributed by atoms with E-state index in [1.165, 1.54) is 24.0 Å². The zero-order chi connectivity index (χ0) is 9.97. The predicted molar refractivity (Wildman–Crippen MR) is 61.0 cm³/mol. The Bertz CT molecular complexity index is 330. The van der Waals surface area contributed by atoms with Crippen molar-refractivity contribution in [3.05, 3.63) is 21.9 Å². The average molecular weight is 208 g/mol. The molecule has 1 aliphatic heterocycles. The fraction of sp³-hybridized carbons (Fsp3) is 0.545. The van der Waals surface area contributed by atoms with Crippen molar-refractivity contribution in [2.45, 2.75) is 32.7 Å². The van der Waals surface area contributed by atoms with Gasteiger partial charge in [-0.25, -0.2) is 0 Å². The van der Waals surface area contributed by atoms with Crippen LogP contribution in [0.5, 0.6) is 0 Å². The van der Waals surface area contributed by atoms with Gasteiger partial charge in [0.15, 0.2) is 0 Å². The highest BCUT2D eigenvalue weighted by Gasteiger charge is 2.15. The number of nitrogens with zero attached hydrogens (tertiary/aromatic N) is 1. The highest BCUT2D eigenvalue weighted by Crippen LogP contribution is 2.19. The van der Waals surface area contributed by atoms with E-state index in [9.17, 15) is 0 Å². The molecule has 0 atom stereocenters. The molecule has 76 valence electrons. The molecule has 3 heteroatoms. The molecule has 1 aliphatic rings. The van der Waals surface area contributed by atoms with Gasteiger partial charge in [0.25, 0.3) is 0 Å². The molecular formula is C11H16N2S. The van der Waals surface area contributed by atoms with E-state index in [1.807, 2.05) is 0 Å². The number of aryl methyl sites for hydroxylation is 1. The topological polar surface area (TPSA) is 27.1 Å². The zero-order valence-corrected chi connectivity index (χ0v) is 9.36. The number of nitrogens with one attached hydrogen (secondary N) is 1. The molecular weight excluding hydrogens is 192 g/mol. The molecule has 14 heavy (non-hydrogen) atoms. The maximum absolute atomic E-state index is 7.85. The summed E-state index contributed by atoms with van der Waals surface area (Å²) in [6, 6.07) is 0. The van der Waals surface area contributed by atoms with Crippen LogP contribution in [-0.2, 0) is 6.54 Å². The molecule has 0 saturated carbocycles. The van der Waals surface area contributed by atoms with E-state index in [4.69, 9.17) is 5.41 Å². The van der Waals surface area contributed by atoms with Crippen LogP contribution in [0.1, 0.15) is 30.4 Å². The van der Waals surface area contributed by atoms with Gasteiger partial charge >= 0.3 is 0 Å². The van der Waals surface area contributed by atoms with Gasteiger partial charge in [-0.05, 0) is 41.7 Å². The van der Waals surface area contributed by atoms with Gasteiger partial charge in [0.2, 0.25) is 0 Å². The van der Waals surface area contributed by atoms with Crippen LogP contribution in [0.3, 0.4) is 0 Å². The molecule has 1 aromatic heterocycles.